The quantitative estimate of drug-likeness (QED) is 0.220. The Bertz CT molecular complexity index is 1020. The number of aliphatic imine (C=N–C) groups is 2. The molecule has 2 atom stereocenters. The molecular formula is C28H38BCoF4N2O2-. The molecule has 0 saturated heterocycles. The fourth-order valence-electron chi connectivity index (χ4n) is 4.04. The Balaban J connectivity index is 0.00000110. The van der Waals surface area contributed by atoms with Crippen LogP contribution < -0.4 is 0 Å². The first-order valence-corrected chi connectivity index (χ1v) is 12.6. The van der Waals surface area contributed by atoms with Gasteiger partial charge < -0.3 is 27.5 Å². The molecule has 2 aromatic rings. The van der Waals surface area contributed by atoms with Crippen LogP contribution in [-0.2, 0) is 27.6 Å². The normalized spacial score (nSPS) is 18.7. The van der Waals surface area contributed by atoms with Crippen LogP contribution >= 0.6 is 0 Å². The monoisotopic (exact) mass is 580 g/mol. The van der Waals surface area contributed by atoms with Crippen molar-refractivity contribution in [2.45, 2.75) is 90.1 Å². The maximum absolute atomic E-state index is 10.3. The summed E-state index contributed by atoms with van der Waals surface area (Å²) >= 11 is 0. The summed E-state index contributed by atoms with van der Waals surface area (Å²) in [6, 6.07) is 11.6. The van der Waals surface area contributed by atoms with E-state index >= 15 is 0 Å². The number of hydrogen-bond donors (Lipinski definition) is 2. The maximum Gasteiger partial charge on any atom is 0.673 e. The van der Waals surface area contributed by atoms with Gasteiger partial charge in [0.25, 0.3) is 0 Å². The van der Waals surface area contributed by atoms with Crippen molar-refractivity contribution in [1.29, 1.82) is 0 Å². The van der Waals surface area contributed by atoms with Crippen molar-refractivity contribution < 1.29 is 44.3 Å². The van der Waals surface area contributed by atoms with E-state index in [0.717, 1.165) is 36.8 Å². The average Bonchev–Trinajstić information content (AvgIpc) is 2.76. The molecule has 213 valence electrons. The van der Waals surface area contributed by atoms with Crippen molar-refractivity contribution in [3.05, 3.63) is 58.7 Å². The SMILES string of the molecule is CC(C)(C)c1ccc(O)c(C=N[C@H]2CCCC[C@@H]2N=Cc2cc(C(C)(C)C)ccc2O)c1.F[B-](F)(F)F.[Co]. The summed E-state index contributed by atoms with van der Waals surface area (Å²) in [6.07, 6.45) is 7.83. The Morgan fingerprint density at radius 3 is 1.32 bits per heavy atom. The van der Waals surface area contributed by atoms with E-state index in [2.05, 4.69) is 41.5 Å². The topological polar surface area (TPSA) is 65.2 Å². The minimum Gasteiger partial charge on any atom is -0.507 e. The first-order chi connectivity index (χ1) is 16.9. The van der Waals surface area contributed by atoms with Crippen molar-refractivity contribution in [1.82, 2.24) is 0 Å². The molecule has 38 heavy (non-hydrogen) atoms. The number of aromatic hydroxyl groups is 2. The molecule has 0 unspecified atom stereocenters. The second kappa shape index (κ2) is 13.6. The molecule has 0 heterocycles. The van der Waals surface area contributed by atoms with E-state index in [1.807, 2.05) is 24.3 Å². The van der Waals surface area contributed by atoms with Crippen LogP contribution in [0.1, 0.15) is 89.5 Å². The number of phenols is 2. The standard InChI is InChI=1S/C28H38N2O2.BF4.Co/c1-27(2,3)21-11-13-25(31)19(15-21)17-29-23-9-7-8-10-24(23)30-18-20-16-22(28(4,5)6)12-14-26(20)32;2-1(3,4)5;/h11-18,23-24,31-32H,7-10H2,1-6H3;;/q;-1;/t23-,24-;;/m0../s1. The Hall–Kier alpha value is -2.33. The van der Waals surface area contributed by atoms with Crippen molar-refractivity contribution in [3.63, 3.8) is 0 Å². The van der Waals surface area contributed by atoms with Crippen LogP contribution in [0.2, 0.25) is 0 Å². The fraction of sp³-hybridized carbons (Fsp3) is 0.500. The van der Waals surface area contributed by atoms with E-state index in [-0.39, 0.29) is 51.2 Å². The zero-order chi connectivity index (χ0) is 28.0. The van der Waals surface area contributed by atoms with Crippen molar-refractivity contribution >= 4 is 19.7 Å². The van der Waals surface area contributed by atoms with Crippen LogP contribution in [0.5, 0.6) is 11.5 Å². The van der Waals surface area contributed by atoms with Gasteiger partial charge in [-0.05, 0) is 59.1 Å². The van der Waals surface area contributed by atoms with Gasteiger partial charge in [0.05, 0.1) is 12.1 Å². The third-order valence-electron chi connectivity index (χ3n) is 6.29. The molecule has 0 aliphatic heterocycles. The predicted octanol–water partition coefficient (Wildman–Crippen LogP) is 7.84. The van der Waals surface area contributed by atoms with E-state index in [1.165, 1.54) is 11.1 Å². The molecule has 3 rings (SSSR count). The second-order valence-electron chi connectivity index (χ2n) is 11.5. The maximum atomic E-state index is 10.3. The Morgan fingerprint density at radius 1 is 0.711 bits per heavy atom. The van der Waals surface area contributed by atoms with Gasteiger partial charge in [0.2, 0.25) is 0 Å². The zero-order valence-electron chi connectivity index (χ0n) is 22.8. The van der Waals surface area contributed by atoms with Crippen molar-refractivity contribution in [2.24, 2.45) is 9.98 Å². The predicted molar refractivity (Wildman–Crippen MR) is 145 cm³/mol. The summed E-state index contributed by atoms with van der Waals surface area (Å²) in [5, 5.41) is 20.6. The minimum absolute atomic E-state index is 0. The van der Waals surface area contributed by atoms with Gasteiger partial charge in [-0.3, -0.25) is 9.98 Å². The molecule has 10 heteroatoms. The van der Waals surface area contributed by atoms with Crippen LogP contribution in [0.4, 0.5) is 17.3 Å². The molecule has 2 aromatic carbocycles. The Kier molecular flexibility index (Phi) is 12.1. The van der Waals surface area contributed by atoms with Gasteiger partial charge in [0.1, 0.15) is 11.5 Å². The largest absolute Gasteiger partial charge is 0.673 e. The van der Waals surface area contributed by atoms with E-state index < -0.39 is 7.25 Å². The number of rotatable bonds is 4. The number of halogens is 4. The first kappa shape index (κ1) is 33.7. The molecule has 0 bridgehead atoms. The minimum atomic E-state index is -6.00. The van der Waals surface area contributed by atoms with Crippen LogP contribution in [0, 0.1) is 0 Å². The summed E-state index contributed by atoms with van der Waals surface area (Å²) < 4.78 is 39.0. The van der Waals surface area contributed by atoms with Gasteiger partial charge in [-0.2, -0.15) is 0 Å². The Morgan fingerprint density at radius 2 is 1.03 bits per heavy atom. The molecule has 1 aliphatic carbocycles. The zero-order valence-corrected chi connectivity index (χ0v) is 23.9. The van der Waals surface area contributed by atoms with Gasteiger partial charge in [0.15, 0.2) is 0 Å². The van der Waals surface area contributed by atoms with Crippen molar-refractivity contribution in [3.8, 4) is 11.5 Å². The fourth-order valence-corrected chi connectivity index (χ4v) is 4.04. The molecule has 2 N–H and O–H groups in total. The molecule has 4 nitrogen and oxygen atoms in total. The number of benzene rings is 2. The third-order valence-corrected chi connectivity index (χ3v) is 6.29. The second-order valence-corrected chi connectivity index (χ2v) is 11.5. The molecule has 1 radical (unpaired) electrons. The summed E-state index contributed by atoms with van der Waals surface area (Å²) in [7, 11) is -6.00. The summed E-state index contributed by atoms with van der Waals surface area (Å²) in [6.45, 7) is 13.0. The summed E-state index contributed by atoms with van der Waals surface area (Å²) in [4.78, 5) is 9.70. The first-order valence-electron chi connectivity index (χ1n) is 12.6. The average molecular weight is 580 g/mol. The van der Waals surface area contributed by atoms with Crippen LogP contribution in [0.25, 0.3) is 0 Å². The van der Waals surface area contributed by atoms with Crippen LogP contribution in [-0.4, -0.2) is 42.0 Å². The van der Waals surface area contributed by atoms with Gasteiger partial charge in [-0.15, -0.1) is 0 Å². The van der Waals surface area contributed by atoms with Gasteiger partial charge in [-0.1, -0.05) is 66.5 Å². The molecule has 0 spiro atoms. The molecular weight excluding hydrogens is 542 g/mol. The molecule has 1 fully saturated rings. The number of nitrogens with zero attached hydrogens (tertiary/aromatic N) is 2. The Labute approximate surface area is 234 Å². The molecule has 0 amide bonds. The van der Waals surface area contributed by atoms with Crippen LogP contribution in [0.15, 0.2) is 46.4 Å². The van der Waals surface area contributed by atoms with Gasteiger partial charge in [-0.25, -0.2) is 0 Å². The molecule has 0 aromatic heterocycles. The number of hydrogen-bond acceptors (Lipinski definition) is 4. The molecule has 1 aliphatic rings. The number of phenolic OH excluding ortho intramolecular Hbond substituents is 2. The van der Waals surface area contributed by atoms with E-state index in [4.69, 9.17) is 9.98 Å². The van der Waals surface area contributed by atoms with E-state index in [1.54, 1.807) is 24.6 Å². The summed E-state index contributed by atoms with van der Waals surface area (Å²) in [5.74, 6) is 0.503. The third kappa shape index (κ3) is 11.2. The smallest absolute Gasteiger partial charge is 0.507 e. The van der Waals surface area contributed by atoms with Crippen molar-refractivity contribution in [2.75, 3.05) is 0 Å². The van der Waals surface area contributed by atoms with Gasteiger partial charge in [0, 0.05) is 40.3 Å². The van der Waals surface area contributed by atoms with Gasteiger partial charge >= 0.3 is 7.25 Å². The summed E-state index contributed by atoms with van der Waals surface area (Å²) in [5.41, 5.74) is 3.87. The molecule has 1 saturated carbocycles. The van der Waals surface area contributed by atoms with E-state index in [9.17, 15) is 27.5 Å². The van der Waals surface area contributed by atoms with Crippen LogP contribution in [0.3, 0.4) is 0 Å². The van der Waals surface area contributed by atoms with E-state index in [0.29, 0.717) is 0 Å².